The first-order valence-electron chi connectivity index (χ1n) is 9.93. The molecule has 170 valence electrons. The van der Waals surface area contributed by atoms with Crippen LogP contribution in [0.2, 0.25) is 0 Å². The van der Waals surface area contributed by atoms with Gasteiger partial charge in [0.2, 0.25) is 0 Å². The molecule has 2 unspecified atom stereocenters. The Labute approximate surface area is 181 Å². The number of hydrogen-bond acceptors (Lipinski definition) is 4. The van der Waals surface area contributed by atoms with Gasteiger partial charge in [0.1, 0.15) is 11.6 Å². The number of rotatable bonds is 3. The third-order valence-corrected chi connectivity index (χ3v) is 6.10. The Balaban J connectivity index is 2.00. The fraction of sp³-hybridized carbons (Fsp3) is 0.348. The monoisotopic (exact) mass is 450 g/mol. The molecule has 9 heteroatoms. The molecule has 0 fully saturated rings. The van der Waals surface area contributed by atoms with E-state index in [0.717, 1.165) is 12.1 Å². The summed E-state index contributed by atoms with van der Waals surface area (Å²) in [5.41, 5.74) is -4.27. The maximum atomic E-state index is 14.4. The van der Waals surface area contributed by atoms with Gasteiger partial charge in [0, 0.05) is 34.3 Å². The van der Waals surface area contributed by atoms with E-state index in [1.165, 1.54) is 31.5 Å². The fourth-order valence-corrected chi connectivity index (χ4v) is 4.80. The number of hydrogen-bond donors (Lipinski definition) is 3. The molecule has 5 nitrogen and oxygen atoms in total. The Bertz CT molecular complexity index is 1250. The van der Waals surface area contributed by atoms with E-state index in [9.17, 15) is 27.5 Å². The van der Waals surface area contributed by atoms with Crippen LogP contribution in [0.1, 0.15) is 37.4 Å². The van der Waals surface area contributed by atoms with Crippen LogP contribution in [0.3, 0.4) is 0 Å². The summed E-state index contributed by atoms with van der Waals surface area (Å²) < 4.78 is 62.7. The molecular formula is C23H22F4N2O3. The molecule has 3 aromatic rings. The van der Waals surface area contributed by atoms with E-state index >= 15 is 0 Å². The lowest BCUT2D eigenvalue weighted by Gasteiger charge is -2.49. The van der Waals surface area contributed by atoms with Crippen molar-refractivity contribution < 1.29 is 27.4 Å². The van der Waals surface area contributed by atoms with Crippen molar-refractivity contribution in [1.82, 2.24) is 4.98 Å². The number of ether oxygens (including phenoxy) is 1. The van der Waals surface area contributed by atoms with Crippen molar-refractivity contribution in [3.05, 3.63) is 69.9 Å². The molecule has 0 radical (unpaired) electrons. The quantitative estimate of drug-likeness (QED) is 0.501. The second-order valence-electron chi connectivity index (χ2n) is 8.71. The molecular weight excluding hydrogens is 428 g/mol. The van der Waals surface area contributed by atoms with E-state index in [4.69, 9.17) is 4.74 Å². The van der Waals surface area contributed by atoms with Crippen LogP contribution in [0.15, 0.2) is 47.4 Å². The average Bonchev–Trinajstić information content (AvgIpc) is 2.69. The van der Waals surface area contributed by atoms with Gasteiger partial charge in [-0.1, -0.05) is 19.9 Å². The Kier molecular flexibility index (Phi) is 5.00. The standard InChI is InChI=1S/C23H22F4N2O3/c1-21(2)11-22(31,23(25,26)27)19(15-9-12(24)10-17(32-3)18(15)21)29-16-6-4-5-14-13(16)7-8-28-20(14)30/h4-10,19,29,31H,11H2,1-3H3,(H,28,30). The van der Waals surface area contributed by atoms with Crippen molar-refractivity contribution >= 4 is 16.5 Å². The predicted octanol–water partition coefficient (Wildman–Crippen LogP) is 4.80. The van der Waals surface area contributed by atoms with Crippen molar-refractivity contribution in [2.45, 2.75) is 43.5 Å². The van der Waals surface area contributed by atoms with Crippen molar-refractivity contribution in [3.8, 4) is 5.75 Å². The fourth-order valence-electron chi connectivity index (χ4n) is 4.80. The maximum absolute atomic E-state index is 14.4. The Hall–Kier alpha value is -3.07. The zero-order valence-corrected chi connectivity index (χ0v) is 17.6. The number of halogens is 4. The smallest absolute Gasteiger partial charge is 0.419 e. The molecule has 0 amide bonds. The van der Waals surface area contributed by atoms with E-state index in [0.29, 0.717) is 10.9 Å². The molecule has 1 aliphatic carbocycles. The number of pyridine rings is 1. The summed E-state index contributed by atoms with van der Waals surface area (Å²) in [6, 6.07) is 6.47. The van der Waals surface area contributed by atoms with Gasteiger partial charge in [-0.25, -0.2) is 4.39 Å². The SMILES string of the molecule is COc1cc(F)cc2c1C(C)(C)CC(O)(C(F)(F)F)C2Nc1cccc2c(=O)[nH]ccc12. The van der Waals surface area contributed by atoms with Crippen molar-refractivity contribution in [3.63, 3.8) is 0 Å². The molecule has 1 aromatic heterocycles. The molecule has 3 N–H and O–H groups in total. The number of benzene rings is 2. The minimum absolute atomic E-state index is 0.0558. The number of nitrogens with one attached hydrogen (secondary N) is 2. The molecule has 32 heavy (non-hydrogen) atoms. The van der Waals surface area contributed by atoms with Crippen LogP contribution < -0.4 is 15.6 Å². The van der Waals surface area contributed by atoms with Crippen LogP contribution in [0.25, 0.3) is 10.8 Å². The molecule has 1 heterocycles. The maximum Gasteiger partial charge on any atom is 0.419 e. The van der Waals surface area contributed by atoms with E-state index in [1.807, 2.05) is 0 Å². The second kappa shape index (κ2) is 7.23. The molecule has 0 saturated carbocycles. The number of H-pyrrole nitrogens is 1. The Morgan fingerprint density at radius 1 is 1.19 bits per heavy atom. The number of fused-ring (bicyclic) bond motifs is 2. The van der Waals surface area contributed by atoms with Crippen LogP contribution in [0.4, 0.5) is 23.2 Å². The van der Waals surface area contributed by atoms with E-state index in [2.05, 4.69) is 10.3 Å². The lowest BCUT2D eigenvalue weighted by molar-refractivity contribution is -0.276. The second-order valence-corrected chi connectivity index (χ2v) is 8.71. The molecule has 4 rings (SSSR count). The van der Waals surface area contributed by atoms with Gasteiger partial charge in [0.05, 0.1) is 13.2 Å². The van der Waals surface area contributed by atoms with Gasteiger partial charge in [-0.2, -0.15) is 13.2 Å². The van der Waals surface area contributed by atoms with E-state index in [1.54, 1.807) is 19.9 Å². The summed E-state index contributed by atoms with van der Waals surface area (Å²) in [6.07, 6.45) is -4.32. The summed E-state index contributed by atoms with van der Waals surface area (Å²) in [5.74, 6) is -0.681. The highest BCUT2D eigenvalue weighted by atomic mass is 19.4. The van der Waals surface area contributed by atoms with Gasteiger partial charge in [-0.15, -0.1) is 0 Å². The zero-order valence-electron chi connectivity index (χ0n) is 17.6. The van der Waals surface area contributed by atoms with E-state index < -0.39 is 41.0 Å². The molecule has 0 bridgehead atoms. The van der Waals surface area contributed by atoms with Crippen molar-refractivity contribution in [2.75, 3.05) is 12.4 Å². The van der Waals surface area contributed by atoms with Gasteiger partial charge in [0.25, 0.3) is 5.56 Å². The first-order chi connectivity index (χ1) is 14.9. The third kappa shape index (κ3) is 3.31. The Morgan fingerprint density at radius 3 is 2.56 bits per heavy atom. The molecule has 0 spiro atoms. The number of methoxy groups -OCH3 is 1. The third-order valence-electron chi connectivity index (χ3n) is 6.10. The summed E-state index contributed by atoms with van der Waals surface area (Å²) in [4.78, 5) is 14.7. The number of aliphatic hydroxyl groups is 1. The van der Waals surface area contributed by atoms with Crippen LogP contribution in [-0.2, 0) is 5.41 Å². The highest BCUT2D eigenvalue weighted by Gasteiger charge is 2.64. The lowest BCUT2D eigenvalue weighted by atomic mass is 9.63. The number of alkyl halides is 3. The normalized spacial score (nSPS) is 22.4. The first-order valence-corrected chi connectivity index (χ1v) is 9.93. The first kappa shape index (κ1) is 22.1. The van der Waals surface area contributed by atoms with Gasteiger partial charge in [-0.3, -0.25) is 4.79 Å². The van der Waals surface area contributed by atoms with Crippen LogP contribution in [0, 0.1) is 5.82 Å². The van der Waals surface area contributed by atoms with Crippen LogP contribution >= 0.6 is 0 Å². The highest BCUT2D eigenvalue weighted by Crippen LogP contribution is 2.56. The lowest BCUT2D eigenvalue weighted by Crippen LogP contribution is -2.58. The van der Waals surface area contributed by atoms with E-state index in [-0.39, 0.29) is 22.4 Å². The van der Waals surface area contributed by atoms with Gasteiger partial charge < -0.3 is 20.1 Å². The average molecular weight is 450 g/mol. The van der Waals surface area contributed by atoms with Crippen molar-refractivity contribution in [2.24, 2.45) is 0 Å². The van der Waals surface area contributed by atoms with Crippen molar-refractivity contribution in [1.29, 1.82) is 0 Å². The number of aromatic nitrogens is 1. The molecule has 0 saturated heterocycles. The molecule has 2 atom stereocenters. The van der Waals surface area contributed by atoms with Gasteiger partial charge in [-0.05, 0) is 41.7 Å². The van der Waals surface area contributed by atoms with Gasteiger partial charge in [0.15, 0.2) is 5.60 Å². The number of anilines is 1. The Morgan fingerprint density at radius 2 is 1.91 bits per heavy atom. The van der Waals surface area contributed by atoms with Gasteiger partial charge >= 0.3 is 6.18 Å². The summed E-state index contributed by atoms with van der Waals surface area (Å²) in [5, 5.41) is 14.5. The minimum atomic E-state index is -5.03. The predicted molar refractivity (Wildman–Crippen MR) is 113 cm³/mol. The topological polar surface area (TPSA) is 74.3 Å². The summed E-state index contributed by atoms with van der Waals surface area (Å²) in [6.45, 7) is 3.10. The largest absolute Gasteiger partial charge is 0.496 e. The molecule has 0 aliphatic heterocycles. The summed E-state index contributed by atoms with van der Waals surface area (Å²) in [7, 11) is 1.31. The summed E-state index contributed by atoms with van der Waals surface area (Å²) >= 11 is 0. The minimum Gasteiger partial charge on any atom is -0.496 e. The zero-order chi connectivity index (χ0) is 23.5. The van der Waals surface area contributed by atoms with Crippen LogP contribution in [-0.4, -0.2) is 29.0 Å². The highest BCUT2D eigenvalue weighted by molar-refractivity contribution is 5.93. The molecule has 2 aromatic carbocycles. The van der Waals surface area contributed by atoms with Crippen LogP contribution in [0.5, 0.6) is 5.75 Å². The number of aromatic amines is 1. The molecule has 1 aliphatic rings.